The van der Waals surface area contributed by atoms with E-state index in [4.69, 9.17) is 14.6 Å². The number of amides is 1. The average molecular weight is 243 g/mol. The van der Waals surface area contributed by atoms with Gasteiger partial charge in [-0.05, 0) is 6.92 Å². The minimum absolute atomic E-state index is 0.146. The average Bonchev–Trinajstić information content (AvgIpc) is 2.69. The molecule has 1 fully saturated rings. The van der Waals surface area contributed by atoms with E-state index >= 15 is 0 Å². The predicted octanol–water partition coefficient (Wildman–Crippen LogP) is -0.110. The molecule has 0 bridgehead atoms. The molecular weight excluding hydrogens is 226 g/mol. The number of carbonyl (C=O) groups is 2. The van der Waals surface area contributed by atoms with Gasteiger partial charge in [-0.25, -0.2) is 4.79 Å². The summed E-state index contributed by atoms with van der Waals surface area (Å²) in [6.45, 7) is 3.28. The molecule has 1 aliphatic rings. The van der Waals surface area contributed by atoms with Crippen molar-refractivity contribution in [3.05, 3.63) is 12.2 Å². The Hall–Kier alpha value is -1.40. The molecule has 2 atom stereocenters. The molecule has 0 aromatic rings. The highest BCUT2D eigenvalue weighted by atomic mass is 16.5. The summed E-state index contributed by atoms with van der Waals surface area (Å²) in [5.41, 5.74) is 0. The summed E-state index contributed by atoms with van der Waals surface area (Å²) in [7, 11) is 1.57. The first-order chi connectivity index (χ1) is 8.08. The number of rotatable bonds is 5. The molecule has 6 heteroatoms. The maximum atomic E-state index is 11.6. The number of carbonyl (C=O) groups excluding carboxylic acids is 1. The van der Waals surface area contributed by atoms with Crippen LogP contribution in [0.2, 0.25) is 0 Å². The lowest BCUT2D eigenvalue weighted by atomic mass is 10.2. The highest BCUT2D eigenvalue weighted by Gasteiger charge is 2.35. The fourth-order valence-electron chi connectivity index (χ4n) is 1.77. The molecule has 0 radical (unpaired) electrons. The Morgan fingerprint density at radius 2 is 2.00 bits per heavy atom. The van der Waals surface area contributed by atoms with Gasteiger partial charge in [0.25, 0.3) is 0 Å². The van der Waals surface area contributed by atoms with Crippen molar-refractivity contribution in [1.29, 1.82) is 0 Å². The molecule has 0 spiro atoms. The van der Waals surface area contributed by atoms with Gasteiger partial charge in [0.2, 0.25) is 5.91 Å². The lowest BCUT2D eigenvalue weighted by Gasteiger charge is -2.15. The minimum Gasteiger partial charge on any atom is -0.478 e. The van der Waals surface area contributed by atoms with Crippen LogP contribution >= 0.6 is 0 Å². The van der Waals surface area contributed by atoms with E-state index in [-0.39, 0.29) is 18.1 Å². The maximum absolute atomic E-state index is 11.6. The highest BCUT2D eigenvalue weighted by molar-refractivity contribution is 5.94. The van der Waals surface area contributed by atoms with Crippen LogP contribution in [0.5, 0.6) is 0 Å². The highest BCUT2D eigenvalue weighted by Crippen LogP contribution is 2.16. The first-order valence-electron chi connectivity index (χ1n) is 5.42. The second-order valence-corrected chi connectivity index (χ2v) is 3.68. The van der Waals surface area contributed by atoms with Crippen molar-refractivity contribution >= 4 is 11.9 Å². The van der Waals surface area contributed by atoms with Gasteiger partial charge in [0.15, 0.2) is 0 Å². The van der Waals surface area contributed by atoms with E-state index in [1.54, 1.807) is 7.11 Å². The van der Waals surface area contributed by atoms with Crippen molar-refractivity contribution in [2.24, 2.45) is 0 Å². The molecule has 1 rings (SSSR count). The van der Waals surface area contributed by atoms with Crippen molar-refractivity contribution in [2.75, 3.05) is 26.8 Å². The summed E-state index contributed by atoms with van der Waals surface area (Å²) in [6, 6.07) is 0. The van der Waals surface area contributed by atoms with Crippen LogP contribution in [0.4, 0.5) is 0 Å². The van der Waals surface area contributed by atoms with Gasteiger partial charge in [-0.3, -0.25) is 4.79 Å². The fraction of sp³-hybridized carbons (Fsp3) is 0.636. The number of carboxylic acids is 1. The molecule has 0 unspecified atom stereocenters. The number of methoxy groups -OCH3 is 1. The number of carboxylic acid groups (broad SMARTS) is 1. The lowest BCUT2D eigenvalue weighted by Crippen LogP contribution is -2.29. The van der Waals surface area contributed by atoms with E-state index in [1.807, 2.05) is 6.92 Å². The zero-order valence-electron chi connectivity index (χ0n) is 9.96. The fourth-order valence-corrected chi connectivity index (χ4v) is 1.77. The van der Waals surface area contributed by atoms with E-state index in [2.05, 4.69) is 0 Å². The Kier molecular flexibility index (Phi) is 5.11. The van der Waals surface area contributed by atoms with Gasteiger partial charge in [0.1, 0.15) is 12.2 Å². The molecule has 0 aromatic carbocycles. The molecule has 6 nitrogen and oxygen atoms in total. The quantitative estimate of drug-likeness (QED) is 0.682. The van der Waals surface area contributed by atoms with E-state index in [1.165, 1.54) is 4.90 Å². The number of hydrogen-bond donors (Lipinski definition) is 1. The van der Waals surface area contributed by atoms with Gasteiger partial charge < -0.3 is 19.5 Å². The normalized spacial score (nSPS) is 24.5. The zero-order chi connectivity index (χ0) is 12.8. The van der Waals surface area contributed by atoms with Crippen LogP contribution in [-0.4, -0.2) is 60.9 Å². The largest absolute Gasteiger partial charge is 0.478 e. The van der Waals surface area contributed by atoms with Crippen LogP contribution in [0, 0.1) is 0 Å². The van der Waals surface area contributed by atoms with Crippen LogP contribution < -0.4 is 0 Å². The van der Waals surface area contributed by atoms with Gasteiger partial charge in [0.05, 0.1) is 0 Å². The molecule has 0 aliphatic carbocycles. The topological polar surface area (TPSA) is 76.1 Å². The summed E-state index contributed by atoms with van der Waals surface area (Å²) in [6.07, 6.45) is 1.57. The maximum Gasteiger partial charge on any atom is 0.328 e. The van der Waals surface area contributed by atoms with Crippen molar-refractivity contribution in [3.8, 4) is 0 Å². The Balaban J connectivity index is 2.57. The summed E-state index contributed by atoms with van der Waals surface area (Å²) < 4.78 is 10.7. The third-order valence-corrected chi connectivity index (χ3v) is 2.58. The second-order valence-electron chi connectivity index (χ2n) is 3.68. The zero-order valence-corrected chi connectivity index (χ0v) is 9.96. The minimum atomic E-state index is -1.14. The summed E-state index contributed by atoms with van der Waals surface area (Å²) >= 11 is 0. The van der Waals surface area contributed by atoms with Crippen molar-refractivity contribution < 1.29 is 24.2 Å². The van der Waals surface area contributed by atoms with Gasteiger partial charge in [-0.1, -0.05) is 0 Å². The molecule has 96 valence electrons. The van der Waals surface area contributed by atoms with Crippen molar-refractivity contribution in [1.82, 2.24) is 4.90 Å². The predicted molar refractivity (Wildman–Crippen MR) is 59.6 cm³/mol. The Bertz CT molecular complexity index is 315. The number of hydrogen-bond acceptors (Lipinski definition) is 4. The van der Waals surface area contributed by atoms with E-state index < -0.39 is 5.97 Å². The third kappa shape index (κ3) is 3.83. The number of nitrogens with zero attached hydrogens (tertiary/aromatic N) is 1. The molecule has 1 aliphatic heterocycles. The summed E-state index contributed by atoms with van der Waals surface area (Å²) in [4.78, 5) is 23.4. The van der Waals surface area contributed by atoms with E-state index in [9.17, 15) is 9.59 Å². The van der Waals surface area contributed by atoms with Crippen LogP contribution in [-0.2, 0) is 19.1 Å². The Labute approximate surface area is 99.8 Å². The van der Waals surface area contributed by atoms with Gasteiger partial charge in [0, 0.05) is 39.0 Å². The van der Waals surface area contributed by atoms with Gasteiger partial charge >= 0.3 is 5.97 Å². The van der Waals surface area contributed by atoms with Gasteiger partial charge in [-0.2, -0.15) is 0 Å². The molecule has 1 saturated heterocycles. The van der Waals surface area contributed by atoms with Crippen LogP contribution in [0.15, 0.2) is 12.2 Å². The molecule has 1 N–H and O–H groups in total. The first-order valence-corrected chi connectivity index (χ1v) is 5.42. The van der Waals surface area contributed by atoms with Crippen LogP contribution in [0.1, 0.15) is 6.92 Å². The number of aliphatic carboxylic acids is 1. The first kappa shape index (κ1) is 13.7. The molecule has 1 amide bonds. The standard InChI is InChI=1S/C11H17NO5/c1-3-17-9-7-12(6-8(9)16-2)10(13)4-5-11(14)15/h4-5,8-9H,3,6-7H2,1-2H3,(H,14,15)/b5-4+/t8-,9-/m0/s1. The summed E-state index contributed by atoms with van der Waals surface area (Å²) in [5.74, 6) is -1.47. The van der Waals surface area contributed by atoms with E-state index in [0.29, 0.717) is 19.7 Å². The van der Waals surface area contributed by atoms with Crippen LogP contribution in [0.25, 0.3) is 0 Å². The molecule has 1 heterocycles. The molecule has 17 heavy (non-hydrogen) atoms. The Morgan fingerprint density at radius 1 is 1.35 bits per heavy atom. The smallest absolute Gasteiger partial charge is 0.328 e. The van der Waals surface area contributed by atoms with Crippen LogP contribution in [0.3, 0.4) is 0 Å². The number of likely N-dealkylation sites (tertiary alicyclic amines) is 1. The SMILES string of the molecule is CCO[C@H]1CN(C(=O)/C=C/C(=O)O)C[C@@H]1OC. The van der Waals surface area contributed by atoms with E-state index in [0.717, 1.165) is 12.2 Å². The number of ether oxygens (including phenoxy) is 2. The molecule has 0 saturated carbocycles. The van der Waals surface area contributed by atoms with Crippen molar-refractivity contribution in [2.45, 2.75) is 19.1 Å². The van der Waals surface area contributed by atoms with Gasteiger partial charge in [-0.15, -0.1) is 0 Å². The molecule has 0 aromatic heterocycles. The third-order valence-electron chi connectivity index (χ3n) is 2.58. The monoisotopic (exact) mass is 243 g/mol. The lowest BCUT2D eigenvalue weighted by molar-refractivity contribution is -0.132. The Morgan fingerprint density at radius 3 is 2.53 bits per heavy atom. The van der Waals surface area contributed by atoms with Crippen molar-refractivity contribution in [3.63, 3.8) is 0 Å². The summed E-state index contributed by atoms with van der Waals surface area (Å²) in [5, 5.41) is 8.43. The second kappa shape index (κ2) is 6.36. The molecular formula is C11H17NO5.